The maximum absolute atomic E-state index is 12.3. The highest BCUT2D eigenvalue weighted by molar-refractivity contribution is 5.98. The lowest BCUT2D eigenvalue weighted by molar-refractivity contribution is 0.0720. The molecule has 1 rings (SSSR count). The van der Waals surface area contributed by atoms with E-state index in [1.807, 2.05) is 6.92 Å². The number of nitrogen functional groups attached to an aromatic ring is 1. The summed E-state index contributed by atoms with van der Waals surface area (Å²) in [7, 11) is 0. The highest BCUT2D eigenvalue weighted by Gasteiger charge is 2.17. The summed E-state index contributed by atoms with van der Waals surface area (Å²) in [4.78, 5) is 18.0. The van der Waals surface area contributed by atoms with Crippen molar-refractivity contribution < 1.29 is 9.90 Å². The van der Waals surface area contributed by atoms with Crippen LogP contribution in [0.25, 0.3) is 0 Å². The van der Waals surface area contributed by atoms with Gasteiger partial charge in [-0.2, -0.15) is 0 Å². The van der Waals surface area contributed by atoms with Crippen LogP contribution in [0.1, 0.15) is 35.8 Å². The first-order chi connectivity index (χ1) is 8.60. The number of anilines is 1. The average molecular weight is 251 g/mol. The summed E-state index contributed by atoms with van der Waals surface area (Å²) < 4.78 is 0. The number of hydrogen-bond acceptors (Lipinski definition) is 4. The Hall–Kier alpha value is -1.62. The van der Waals surface area contributed by atoms with Crippen molar-refractivity contribution in [2.24, 2.45) is 0 Å². The second kappa shape index (κ2) is 6.96. The zero-order chi connectivity index (χ0) is 13.5. The quantitative estimate of drug-likeness (QED) is 0.796. The van der Waals surface area contributed by atoms with E-state index < -0.39 is 0 Å². The molecule has 0 atom stereocenters. The Morgan fingerprint density at radius 1 is 1.50 bits per heavy atom. The minimum Gasteiger partial charge on any atom is -0.398 e. The number of aliphatic hydroxyl groups excluding tert-OH is 1. The van der Waals surface area contributed by atoms with Crippen molar-refractivity contribution in [1.29, 1.82) is 0 Å². The number of rotatable bonds is 6. The number of aryl methyl sites for hydroxylation is 1. The fourth-order valence-electron chi connectivity index (χ4n) is 1.71. The summed E-state index contributed by atoms with van der Waals surface area (Å²) in [6.07, 6.45) is 3.41. The maximum atomic E-state index is 12.3. The third kappa shape index (κ3) is 3.70. The molecular formula is C13H21N3O2. The number of nitrogens with two attached hydrogens (primary N) is 1. The third-order valence-corrected chi connectivity index (χ3v) is 2.74. The Labute approximate surface area is 108 Å². The molecule has 0 aliphatic carbocycles. The van der Waals surface area contributed by atoms with Gasteiger partial charge in [-0.3, -0.25) is 9.78 Å². The fourth-order valence-corrected chi connectivity index (χ4v) is 1.71. The summed E-state index contributed by atoms with van der Waals surface area (Å²) in [6.45, 7) is 4.79. The molecule has 100 valence electrons. The number of nitrogens with zero attached hydrogens (tertiary/aromatic N) is 2. The fraction of sp³-hybridized carbons (Fsp3) is 0.538. The largest absolute Gasteiger partial charge is 0.398 e. The predicted octanol–water partition coefficient (Wildman–Crippen LogP) is 1.21. The van der Waals surface area contributed by atoms with Gasteiger partial charge in [0.15, 0.2) is 0 Å². The molecule has 0 saturated heterocycles. The van der Waals surface area contributed by atoms with E-state index in [4.69, 9.17) is 10.8 Å². The van der Waals surface area contributed by atoms with Crippen LogP contribution in [-0.4, -0.2) is 40.6 Å². The van der Waals surface area contributed by atoms with E-state index in [0.717, 1.165) is 18.5 Å². The van der Waals surface area contributed by atoms with Gasteiger partial charge in [-0.05, 0) is 19.4 Å². The van der Waals surface area contributed by atoms with Crippen LogP contribution < -0.4 is 5.73 Å². The van der Waals surface area contributed by atoms with Gasteiger partial charge in [0.25, 0.3) is 5.91 Å². The molecule has 0 bridgehead atoms. The number of carbonyl (C=O) groups excluding carboxylic acids is 1. The molecule has 1 heterocycles. The lowest BCUT2D eigenvalue weighted by atomic mass is 10.2. The molecule has 1 amide bonds. The van der Waals surface area contributed by atoms with E-state index in [-0.39, 0.29) is 12.5 Å². The molecular weight excluding hydrogens is 230 g/mol. The Kier molecular flexibility index (Phi) is 5.58. The summed E-state index contributed by atoms with van der Waals surface area (Å²) in [5.41, 5.74) is 7.46. The van der Waals surface area contributed by atoms with Gasteiger partial charge in [0.1, 0.15) is 0 Å². The van der Waals surface area contributed by atoms with Gasteiger partial charge in [-0.1, -0.05) is 13.3 Å². The van der Waals surface area contributed by atoms with Crippen LogP contribution in [0.4, 0.5) is 5.69 Å². The van der Waals surface area contributed by atoms with Crippen molar-refractivity contribution in [3.63, 3.8) is 0 Å². The van der Waals surface area contributed by atoms with Crippen LogP contribution >= 0.6 is 0 Å². The normalized spacial score (nSPS) is 10.4. The molecule has 0 unspecified atom stereocenters. The lowest BCUT2D eigenvalue weighted by Crippen LogP contribution is -2.35. The molecule has 3 N–H and O–H groups in total. The Morgan fingerprint density at radius 3 is 2.78 bits per heavy atom. The first-order valence-electron chi connectivity index (χ1n) is 6.22. The molecule has 1 aromatic heterocycles. The molecule has 0 saturated carbocycles. The van der Waals surface area contributed by atoms with Gasteiger partial charge in [0.05, 0.1) is 12.2 Å². The SMILES string of the molecule is CCCCN(CCO)C(=O)c1cnc(C)cc1N. The van der Waals surface area contributed by atoms with E-state index >= 15 is 0 Å². The standard InChI is InChI=1S/C13H21N3O2/c1-3-4-5-16(6-7-17)13(18)11-9-15-10(2)8-12(11)14/h8-9,17H,3-7H2,1-2H3,(H2,14,15). The van der Waals surface area contributed by atoms with E-state index in [9.17, 15) is 4.79 Å². The monoisotopic (exact) mass is 251 g/mol. The van der Waals surface area contributed by atoms with Crippen LogP contribution in [0.3, 0.4) is 0 Å². The van der Waals surface area contributed by atoms with Gasteiger partial charge in [-0.15, -0.1) is 0 Å². The average Bonchev–Trinajstić information content (AvgIpc) is 2.33. The van der Waals surface area contributed by atoms with Crippen LogP contribution in [0, 0.1) is 6.92 Å². The lowest BCUT2D eigenvalue weighted by Gasteiger charge is -2.22. The Balaban J connectivity index is 2.87. The van der Waals surface area contributed by atoms with Crippen LogP contribution in [0.2, 0.25) is 0 Å². The van der Waals surface area contributed by atoms with Crippen LogP contribution in [-0.2, 0) is 0 Å². The first-order valence-corrected chi connectivity index (χ1v) is 6.22. The molecule has 5 heteroatoms. The second-order valence-corrected chi connectivity index (χ2v) is 4.28. The summed E-state index contributed by atoms with van der Waals surface area (Å²) >= 11 is 0. The molecule has 0 aliphatic heterocycles. The molecule has 0 aliphatic rings. The van der Waals surface area contributed by atoms with Crippen molar-refractivity contribution in [2.75, 3.05) is 25.4 Å². The molecule has 0 aromatic carbocycles. The van der Waals surface area contributed by atoms with Gasteiger partial charge < -0.3 is 15.7 Å². The number of aromatic nitrogens is 1. The van der Waals surface area contributed by atoms with Crippen molar-refractivity contribution in [3.8, 4) is 0 Å². The van der Waals surface area contributed by atoms with Gasteiger partial charge in [0, 0.05) is 30.7 Å². The van der Waals surface area contributed by atoms with E-state index in [1.54, 1.807) is 11.0 Å². The number of unbranched alkanes of at least 4 members (excludes halogenated alkanes) is 1. The van der Waals surface area contributed by atoms with Crippen molar-refractivity contribution in [3.05, 3.63) is 23.5 Å². The number of aliphatic hydroxyl groups is 1. The molecule has 1 aromatic rings. The van der Waals surface area contributed by atoms with Crippen LogP contribution in [0.5, 0.6) is 0 Å². The van der Waals surface area contributed by atoms with Gasteiger partial charge in [-0.25, -0.2) is 0 Å². The summed E-state index contributed by atoms with van der Waals surface area (Å²) in [5, 5.41) is 9.00. The number of amides is 1. The molecule has 0 spiro atoms. The van der Waals surface area contributed by atoms with Crippen molar-refractivity contribution >= 4 is 11.6 Å². The number of pyridine rings is 1. The predicted molar refractivity (Wildman–Crippen MR) is 71.3 cm³/mol. The van der Waals surface area contributed by atoms with Gasteiger partial charge in [0.2, 0.25) is 0 Å². The molecule has 0 radical (unpaired) electrons. The highest BCUT2D eigenvalue weighted by Crippen LogP contribution is 2.14. The highest BCUT2D eigenvalue weighted by atomic mass is 16.3. The van der Waals surface area contributed by atoms with E-state index in [2.05, 4.69) is 11.9 Å². The van der Waals surface area contributed by atoms with Gasteiger partial charge >= 0.3 is 0 Å². The topological polar surface area (TPSA) is 79.5 Å². The van der Waals surface area contributed by atoms with Crippen LogP contribution in [0.15, 0.2) is 12.3 Å². The number of hydrogen-bond donors (Lipinski definition) is 2. The van der Waals surface area contributed by atoms with E-state index in [1.165, 1.54) is 6.20 Å². The summed E-state index contributed by atoms with van der Waals surface area (Å²) in [6, 6.07) is 1.68. The molecule has 18 heavy (non-hydrogen) atoms. The van der Waals surface area contributed by atoms with E-state index in [0.29, 0.717) is 24.3 Å². The first kappa shape index (κ1) is 14.4. The smallest absolute Gasteiger partial charge is 0.257 e. The minimum absolute atomic E-state index is 0.0470. The Morgan fingerprint density at radius 2 is 2.22 bits per heavy atom. The van der Waals surface area contributed by atoms with Crippen molar-refractivity contribution in [1.82, 2.24) is 9.88 Å². The third-order valence-electron chi connectivity index (χ3n) is 2.74. The second-order valence-electron chi connectivity index (χ2n) is 4.28. The summed E-state index contributed by atoms with van der Waals surface area (Å²) in [5.74, 6) is -0.164. The maximum Gasteiger partial charge on any atom is 0.257 e. The Bertz CT molecular complexity index is 407. The molecule has 5 nitrogen and oxygen atoms in total. The molecule has 0 fully saturated rings. The zero-order valence-electron chi connectivity index (χ0n) is 11.0. The van der Waals surface area contributed by atoms with Crippen molar-refractivity contribution in [2.45, 2.75) is 26.7 Å². The zero-order valence-corrected chi connectivity index (χ0v) is 11.0. The number of carbonyl (C=O) groups is 1. The minimum atomic E-state index is -0.164.